The van der Waals surface area contributed by atoms with Gasteiger partial charge in [-0.05, 0) is 94.0 Å². The molecule has 0 spiro atoms. The first-order valence-electron chi connectivity index (χ1n) is 19.4. The molecule has 2 aliphatic carbocycles. The third kappa shape index (κ3) is 11.1. The van der Waals surface area contributed by atoms with E-state index in [0.717, 1.165) is 57.4 Å². The number of hydrogen-bond acceptors (Lipinski definition) is 6. The quantitative estimate of drug-likeness (QED) is 0.0756. The maximum Gasteiger partial charge on any atom is 0.230 e. The summed E-state index contributed by atoms with van der Waals surface area (Å²) in [6, 6.07) is 40.5. The molecule has 8 rings (SSSR count). The van der Waals surface area contributed by atoms with Crippen molar-refractivity contribution in [2.24, 2.45) is 11.8 Å². The second-order valence-corrected chi connectivity index (χ2v) is 14.3. The molecule has 2 aliphatic rings. The predicted molar refractivity (Wildman–Crippen MR) is 216 cm³/mol. The van der Waals surface area contributed by atoms with Crippen LogP contribution in [0.25, 0.3) is 32.7 Å². The van der Waals surface area contributed by atoms with Crippen LogP contribution < -0.4 is 28.4 Å². The Bertz CT molecular complexity index is 1960. The molecule has 8 heteroatoms. The Balaban J connectivity index is 0.00000266. The van der Waals surface area contributed by atoms with E-state index < -0.39 is 0 Å². The van der Waals surface area contributed by atoms with Gasteiger partial charge in [0.1, 0.15) is 34.5 Å². The summed E-state index contributed by atoms with van der Waals surface area (Å²) in [5.74, 6) is 5.79. The van der Waals surface area contributed by atoms with E-state index in [1.54, 1.807) is 0 Å². The Labute approximate surface area is 381 Å². The SMILES string of the molecule is [Y].[Y].c1ccc2c(-c3c(OCOc4ccc(OCC5CC[CH-]CC5)cc4)ccc4ccccc34)c(OCOc3ccc(OCC4CC[CH-]CC4)cc3)ccc2c1. The van der Waals surface area contributed by atoms with E-state index >= 15 is 0 Å². The Kier molecular flexibility index (Phi) is 16.3. The number of benzene rings is 6. The molecule has 6 aromatic rings. The van der Waals surface area contributed by atoms with Crippen molar-refractivity contribution in [1.82, 2.24) is 0 Å². The van der Waals surface area contributed by atoms with Crippen molar-refractivity contribution in [1.29, 1.82) is 0 Å². The van der Waals surface area contributed by atoms with Crippen LogP contribution >= 0.6 is 0 Å². The van der Waals surface area contributed by atoms with Crippen LogP contribution in [-0.4, -0.2) is 26.8 Å². The van der Waals surface area contributed by atoms with Gasteiger partial charge in [0.2, 0.25) is 13.6 Å². The summed E-state index contributed by atoms with van der Waals surface area (Å²) in [4.78, 5) is 0. The normalized spacial score (nSPS) is 14.6. The average molecular weight is 899 g/mol. The fourth-order valence-electron chi connectivity index (χ4n) is 7.60. The molecule has 0 atom stereocenters. The summed E-state index contributed by atoms with van der Waals surface area (Å²) < 4.78 is 37.3. The number of ether oxygens (including phenoxy) is 6. The molecule has 6 nitrogen and oxygen atoms in total. The Hall–Kier alpha value is -3.15. The van der Waals surface area contributed by atoms with Gasteiger partial charge in [-0.25, -0.2) is 0 Å². The zero-order chi connectivity index (χ0) is 36.4. The minimum Gasteiger partial charge on any atom is -0.493 e. The monoisotopic (exact) mass is 898 g/mol. The van der Waals surface area contributed by atoms with Crippen LogP contribution in [0.5, 0.6) is 34.5 Å². The van der Waals surface area contributed by atoms with Gasteiger partial charge >= 0.3 is 0 Å². The van der Waals surface area contributed by atoms with E-state index in [2.05, 4.69) is 73.5 Å². The molecule has 2 radical (unpaired) electrons. The van der Waals surface area contributed by atoms with Crippen LogP contribution in [0, 0.1) is 24.7 Å². The second-order valence-electron chi connectivity index (χ2n) is 14.3. The molecule has 6 aromatic carbocycles. The number of fused-ring (bicyclic) bond motifs is 2. The molecule has 0 saturated heterocycles. The van der Waals surface area contributed by atoms with Gasteiger partial charge in [0.05, 0.1) is 13.2 Å². The van der Waals surface area contributed by atoms with Gasteiger partial charge in [-0.15, -0.1) is 0 Å². The molecule has 2 fully saturated rings. The van der Waals surface area contributed by atoms with Crippen molar-refractivity contribution >= 4 is 21.5 Å². The van der Waals surface area contributed by atoms with E-state index in [9.17, 15) is 0 Å². The maximum absolute atomic E-state index is 6.45. The van der Waals surface area contributed by atoms with Gasteiger partial charge < -0.3 is 41.3 Å². The topological polar surface area (TPSA) is 55.4 Å². The summed E-state index contributed by atoms with van der Waals surface area (Å²) in [6.07, 6.45) is 14.3. The Morgan fingerprint density at radius 1 is 0.393 bits per heavy atom. The van der Waals surface area contributed by atoms with Crippen molar-refractivity contribution in [3.05, 3.63) is 134 Å². The van der Waals surface area contributed by atoms with E-state index in [4.69, 9.17) is 28.4 Å². The van der Waals surface area contributed by atoms with Gasteiger partial charge in [0, 0.05) is 76.5 Å². The zero-order valence-electron chi connectivity index (χ0n) is 31.9. The average Bonchev–Trinajstić information content (AvgIpc) is 3.24. The van der Waals surface area contributed by atoms with Gasteiger partial charge in [-0.3, -0.25) is 0 Å². The molecule has 0 aliphatic heterocycles. The minimum absolute atomic E-state index is 0. The number of hydrogen-bond donors (Lipinski definition) is 0. The first-order valence-corrected chi connectivity index (χ1v) is 19.4. The third-order valence-electron chi connectivity index (χ3n) is 10.6. The first-order chi connectivity index (χ1) is 26.8. The Morgan fingerprint density at radius 2 is 0.750 bits per heavy atom. The van der Waals surface area contributed by atoms with E-state index in [1.165, 1.54) is 51.4 Å². The van der Waals surface area contributed by atoms with Gasteiger partial charge in [0.15, 0.2) is 0 Å². The van der Waals surface area contributed by atoms with Crippen molar-refractivity contribution in [2.75, 3.05) is 26.8 Å². The fraction of sp³-hybridized carbons (Fsp3) is 0.292. The van der Waals surface area contributed by atoms with Crippen LogP contribution in [0.2, 0.25) is 0 Å². The zero-order valence-corrected chi connectivity index (χ0v) is 37.6. The summed E-state index contributed by atoms with van der Waals surface area (Å²) in [6.45, 7) is 1.59. The van der Waals surface area contributed by atoms with Crippen molar-refractivity contribution in [3.8, 4) is 45.6 Å². The summed E-state index contributed by atoms with van der Waals surface area (Å²) in [5.41, 5.74) is 1.87. The van der Waals surface area contributed by atoms with Crippen molar-refractivity contribution in [3.63, 3.8) is 0 Å². The molecular formula is C48H48O6Y2-2. The maximum atomic E-state index is 6.45. The molecule has 2 saturated carbocycles. The molecule has 284 valence electrons. The molecule has 0 bridgehead atoms. The van der Waals surface area contributed by atoms with Gasteiger partial charge in [-0.1, -0.05) is 86.3 Å². The smallest absolute Gasteiger partial charge is 0.230 e. The van der Waals surface area contributed by atoms with Gasteiger partial charge in [0.25, 0.3) is 0 Å². The van der Waals surface area contributed by atoms with Crippen LogP contribution in [-0.2, 0) is 65.4 Å². The summed E-state index contributed by atoms with van der Waals surface area (Å²) in [5, 5.41) is 4.30. The molecule has 56 heavy (non-hydrogen) atoms. The van der Waals surface area contributed by atoms with Crippen LogP contribution in [0.1, 0.15) is 51.4 Å². The molecule has 0 heterocycles. The fourth-order valence-corrected chi connectivity index (χ4v) is 7.60. The van der Waals surface area contributed by atoms with Crippen LogP contribution in [0.3, 0.4) is 0 Å². The predicted octanol–water partition coefficient (Wildman–Crippen LogP) is 12.0. The van der Waals surface area contributed by atoms with Crippen molar-refractivity contribution < 1.29 is 93.8 Å². The molecule has 0 N–H and O–H groups in total. The molecule has 0 amide bonds. The molecule has 0 unspecified atom stereocenters. The van der Waals surface area contributed by atoms with Gasteiger partial charge in [-0.2, -0.15) is 25.7 Å². The van der Waals surface area contributed by atoms with Crippen molar-refractivity contribution in [2.45, 2.75) is 51.4 Å². The van der Waals surface area contributed by atoms with Crippen LogP contribution in [0.4, 0.5) is 0 Å². The molecule has 0 aromatic heterocycles. The largest absolute Gasteiger partial charge is 0.493 e. The Morgan fingerprint density at radius 3 is 1.14 bits per heavy atom. The first kappa shape index (κ1) is 42.5. The van der Waals surface area contributed by atoms with E-state index in [-0.39, 0.29) is 79.0 Å². The summed E-state index contributed by atoms with van der Waals surface area (Å²) >= 11 is 0. The van der Waals surface area contributed by atoms with E-state index in [0.29, 0.717) is 34.8 Å². The second kappa shape index (κ2) is 21.6. The summed E-state index contributed by atoms with van der Waals surface area (Å²) in [7, 11) is 0. The number of rotatable bonds is 15. The third-order valence-corrected chi connectivity index (χ3v) is 10.6. The standard InChI is InChI=1S/C48H48O6.2Y/c1-3-11-35(12-4-1)31-49-39-21-25-41(26-22-39)51-33-53-45-29-19-37-15-7-9-17-43(37)47(45)48-44-18-10-8-16-38(44)20-30-46(48)54-34-52-42-27-23-40(24-28-42)50-32-36-13-5-2-6-14-36;;/h1-2,7-10,15-30,35-36H,3-6,11-14,31-34H2;;/q-2;;. The molecular weight excluding hydrogens is 850 g/mol. The van der Waals surface area contributed by atoms with E-state index in [1.807, 2.05) is 60.7 Å². The minimum atomic E-state index is 0. The van der Waals surface area contributed by atoms with Crippen LogP contribution in [0.15, 0.2) is 121 Å².